The first-order valence-electron chi connectivity index (χ1n) is 4.96. The average molecular weight is 258 g/mol. The van der Waals surface area contributed by atoms with Crippen LogP contribution in [-0.2, 0) is 10.8 Å². The lowest BCUT2D eigenvalue weighted by molar-refractivity contribution is 0.0989. The maximum atomic E-state index is 11.7. The van der Waals surface area contributed by atoms with Crippen molar-refractivity contribution in [1.82, 2.24) is 0 Å². The summed E-state index contributed by atoms with van der Waals surface area (Å²) in [6.45, 7) is 0. The highest BCUT2D eigenvalue weighted by molar-refractivity contribution is 7.85. The third kappa shape index (κ3) is 1.99. The van der Waals surface area contributed by atoms with E-state index in [1.54, 1.807) is 12.1 Å². The maximum absolute atomic E-state index is 11.7. The van der Waals surface area contributed by atoms with Gasteiger partial charge >= 0.3 is 0 Å². The number of hydrogen-bond acceptors (Lipinski definition) is 3. The summed E-state index contributed by atoms with van der Waals surface area (Å²) in [7, 11) is 0.875. The largest absolute Gasteiger partial charge is 0.361 e. The van der Waals surface area contributed by atoms with Crippen molar-refractivity contribution < 1.29 is 9.00 Å². The lowest BCUT2D eigenvalue weighted by atomic mass is 10.1. The molecule has 3 nitrogen and oxygen atoms in total. The molecule has 1 aliphatic rings. The number of hydrogen-bond donors (Lipinski definition) is 0. The minimum atomic E-state index is -1.02. The molecule has 1 unspecified atom stereocenters. The number of benzene rings is 1. The van der Waals surface area contributed by atoms with E-state index in [-0.39, 0.29) is 5.78 Å². The van der Waals surface area contributed by atoms with Gasteiger partial charge in [-0.05, 0) is 18.2 Å². The van der Waals surface area contributed by atoms with E-state index < -0.39 is 10.8 Å². The van der Waals surface area contributed by atoms with Crippen LogP contribution in [-0.4, -0.2) is 28.8 Å². The summed E-state index contributed by atoms with van der Waals surface area (Å²) in [5.74, 6) is 0.825. The Kier molecular flexibility index (Phi) is 3.30. The van der Waals surface area contributed by atoms with Crippen LogP contribution in [0.5, 0.6) is 0 Å². The Bertz CT molecular complexity index is 461. The van der Waals surface area contributed by atoms with Crippen LogP contribution in [0.2, 0.25) is 0 Å². The molecule has 0 spiro atoms. The number of anilines is 1. The lowest BCUT2D eigenvalue weighted by Gasteiger charge is -2.09. The van der Waals surface area contributed by atoms with Crippen LogP contribution in [0.3, 0.4) is 0 Å². The second-order valence-electron chi connectivity index (χ2n) is 3.72. The van der Waals surface area contributed by atoms with Crippen LogP contribution in [0.4, 0.5) is 5.69 Å². The molecule has 0 N–H and O–H groups in total. The van der Waals surface area contributed by atoms with Crippen molar-refractivity contribution in [2.24, 2.45) is 0 Å². The highest BCUT2D eigenvalue weighted by atomic mass is 35.5. The molecule has 86 valence electrons. The van der Waals surface area contributed by atoms with Crippen LogP contribution < -0.4 is 4.90 Å². The zero-order chi connectivity index (χ0) is 11.7. The maximum Gasteiger partial charge on any atom is 0.164 e. The molecule has 0 radical (unpaired) electrons. The number of halogens is 1. The molecular formula is C11H12ClNO2S. The predicted molar refractivity (Wildman–Crippen MR) is 65.8 cm³/mol. The molecule has 0 saturated heterocycles. The molecule has 1 heterocycles. The minimum Gasteiger partial charge on any atom is -0.361 e. The first kappa shape index (κ1) is 11.6. The number of ketones is 1. The molecule has 0 aliphatic carbocycles. The van der Waals surface area contributed by atoms with Gasteiger partial charge in [-0.2, -0.15) is 0 Å². The Hall–Kier alpha value is -0.870. The Morgan fingerprint density at radius 1 is 1.56 bits per heavy atom. The van der Waals surface area contributed by atoms with Gasteiger partial charge in [-0.1, -0.05) is 0 Å². The van der Waals surface area contributed by atoms with Gasteiger partial charge in [-0.25, -0.2) is 0 Å². The van der Waals surface area contributed by atoms with Gasteiger partial charge in [-0.3, -0.25) is 9.00 Å². The van der Waals surface area contributed by atoms with E-state index in [1.165, 1.54) is 0 Å². The third-order valence-electron chi connectivity index (χ3n) is 2.57. The number of carbonyl (C=O) groups is 1. The number of Topliss-reactive ketones (excluding diaryl/α,β-unsaturated/α-hetero) is 1. The van der Waals surface area contributed by atoms with E-state index >= 15 is 0 Å². The normalized spacial score (nSPS) is 18.6. The smallest absolute Gasteiger partial charge is 0.164 e. The molecule has 1 aromatic rings. The third-order valence-corrected chi connectivity index (χ3v) is 4.20. The van der Waals surface area contributed by atoms with Crippen molar-refractivity contribution in [3.05, 3.63) is 23.8 Å². The van der Waals surface area contributed by atoms with Crippen molar-refractivity contribution in [3.8, 4) is 0 Å². The quantitative estimate of drug-likeness (QED) is 0.614. The molecule has 0 aromatic heterocycles. The van der Waals surface area contributed by atoms with Gasteiger partial charge in [0, 0.05) is 24.9 Å². The fraction of sp³-hybridized carbons (Fsp3) is 0.364. The Balaban J connectivity index is 2.36. The lowest BCUT2D eigenvalue weighted by Crippen LogP contribution is -2.13. The highest BCUT2D eigenvalue weighted by Gasteiger charge is 2.23. The number of rotatable bonds is 3. The molecule has 0 amide bonds. The zero-order valence-corrected chi connectivity index (χ0v) is 10.5. The number of alkyl halides is 1. The van der Waals surface area contributed by atoms with E-state index in [2.05, 4.69) is 0 Å². The summed E-state index contributed by atoms with van der Waals surface area (Å²) >= 11 is 5.53. The van der Waals surface area contributed by atoms with Gasteiger partial charge in [0.1, 0.15) is 0 Å². The number of fused-ring (bicyclic) bond motifs is 1. The van der Waals surface area contributed by atoms with Gasteiger partial charge in [-0.15, -0.1) is 11.6 Å². The van der Waals surface area contributed by atoms with E-state index in [4.69, 9.17) is 11.6 Å². The minimum absolute atomic E-state index is 0.00403. The predicted octanol–water partition coefficient (Wildman–Crippen LogP) is 2.01. The van der Waals surface area contributed by atoms with Crippen LogP contribution in [0.25, 0.3) is 0 Å². The number of nitrogens with zero attached hydrogens (tertiary/aromatic N) is 1. The SMILES string of the molecule is CN1CS(=O)c2cc(C(=O)CCCl)ccc21. The Morgan fingerprint density at radius 2 is 2.31 bits per heavy atom. The van der Waals surface area contributed by atoms with Crippen molar-refractivity contribution in [2.45, 2.75) is 11.3 Å². The Labute approximate surface area is 102 Å². The van der Waals surface area contributed by atoms with Gasteiger partial charge in [0.15, 0.2) is 5.78 Å². The molecule has 0 bridgehead atoms. The average Bonchev–Trinajstić information content (AvgIpc) is 2.55. The highest BCUT2D eigenvalue weighted by Crippen LogP contribution is 2.31. The molecule has 0 saturated carbocycles. The molecule has 16 heavy (non-hydrogen) atoms. The van der Waals surface area contributed by atoms with Crippen LogP contribution in [0.1, 0.15) is 16.8 Å². The van der Waals surface area contributed by atoms with E-state index in [1.807, 2.05) is 18.0 Å². The molecule has 5 heteroatoms. The first-order valence-corrected chi connectivity index (χ1v) is 6.81. The molecule has 0 fully saturated rings. The monoisotopic (exact) mass is 257 g/mol. The number of carbonyl (C=O) groups excluding carboxylic acids is 1. The first-order chi connectivity index (χ1) is 7.63. The topological polar surface area (TPSA) is 37.4 Å². The molecule has 1 aliphatic heterocycles. The summed E-state index contributed by atoms with van der Waals surface area (Å²) in [4.78, 5) is 14.3. The van der Waals surface area contributed by atoms with Crippen molar-refractivity contribution >= 4 is 33.9 Å². The fourth-order valence-electron chi connectivity index (χ4n) is 1.73. The summed E-state index contributed by atoms with van der Waals surface area (Å²) in [6, 6.07) is 5.35. The summed E-state index contributed by atoms with van der Waals surface area (Å²) in [6.07, 6.45) is 0.322. The summed E-state index contributed by atoms with van der Waals surface area (Å²) in [5.41, 5.74) is 1.55. The van der Waals surface area contributed by atoms with E-state index in [0.29, 0.717) is 23.7 Å². The summed E-state index contributed by atoms with van der Waals surface area (Å²) < 4.78 is 11.7. The van der Waals surface area contributed by atoms with E-state index in [9.17, 15) is 9.00 Å². The fourth-order valence-corrected chi connectivity index (χ4v) is 3.25. The van der Waals surface area contributed by atoms with Crippen molar-refractivity contribution in [2.75, 3.05) is 23.7 Å². The second kappa shape index (κ2) is 4.55. The van der Waals surface area contributed by atoms with Crippen molar-refractivity contribution in [3.63, 3.8) is 0 Å². The van der Waals surface area contributed by atoms with Crippen LogP contribution >= 0.6 is 11.6 Å². The molecular weight excluding hydrogens is 246 g/mol. The van der Waals surface area contributed by atoms with Crippen LogP contribution in [0, 0.1) is 0 Å². The van der Waals surface area contributed by atoms with Gasteiger partial charge in [0.25, 0.3) is 0 Å². The second-order valence-corrected chi connectivity index (χ2v) is 5.48. The standard InChI is InChI=1S/C11H12ClNO2S/c1-13-7-16(15)11-6-8(2-3-9(11)13)10(14)4-5-12/h2-3,6H,4-5,7H2,1H3. The molecule has 1 atom stereocenters. The van der Waals surface area contributed by atoms with Crippen LogP contribution in [0.15, 0.2) is 23.1 Å². The summed E-state index contributed by atoms with van der Waals surface area (Å²) in [5, 5.41) is 0. The molecule has 1 aromatic carbocycles. The van der Waals surface area contributed by atoms with Gasteiger partial charge in [0.2, 0.25) is 0 Å². The zero-order valence-electron chi connectivity index (χ0n) is 8.90. The molecule has 2 rings (SSSR count). The van der Waals surface area contributed by atoms with E-state index in [0.717, 1.165) is 10.6 Å². The van der Waals surface area contributed by atoms with Gasteiger partial charge in [0.05, 0.1) is 27.3 Å². The van der Waals surface area contributed by atoms with Gasteiger partial charge < -0.3 is 4.90 Å². The van der Waals surface area contributed by atoms with Crippen molar-refractivity contribution in [1.29, 1.82) is 0 Å². The Morgan fingerprint density at radius 3 is 3.00 bits per heavy atom.